The maximum absolute atomic E-state index is 5.19. The molecule has 0 saturated carbocycles. The average molecular weight is 224 g/mol. The zero-order valence-electron chi connectivity index (χ0n) is 8.65. The van der Waals surface area contributed by atoms with E-state index in [4.69, 9.17) is 4.42 Å². The van der Waals surface area contributed by atoms with E-state index in [1.807, 2.05) is 6.20 Å². The van der Waals surface area contributed by atoms with Crippen molar-refractivity contribution < 1.29 is 4.42 Å². The molecule has 6 heteroatoms. The Morgan fingerprint density at radius 2 is 2.33 bits per heavy atom. The number of hydrogen-bond donors (Lipinski definition) is 1. The van der Waals surface area contributed by atoms with Gasteiger partial charge in [0.1, 0.15) is 0 Å². The Bertz CT molecular complexity index is 437. The Morgan fingerprint density at radius 1 is 1.47 bits per heavy atom. The van der Waals surface area contributed by atoms with Gasteiger partial charge in [-0.2, -0.15) is 0 Å². The lowest BCUT2D eigenvalue weighted by molar-refractivity contribution is 0.531. The summed E-state index contributed by atoms with van der Waals surface area (Å²) >= 11 is 1.70. The highest BCUT2D eigenvalue weighted by Crippen LogP contribution is 2.15. The van der Waals surface area contributed by atoms with Crippen LogP contribution >= 0.6 is 11.3 Å². The lowest BCUT2D eigenvalue weighted by Gasteiger charge is -1.95. The Hall–Kier alpha value is -1.43. The van der Waals surface area contributed by atoms with Crippen molar-refractivity contribution in [2.45, 2.75) is 26.8 Å². The first-order chi connectivity index (χ1) is 7.28. The van der Waals surface area contributed by atoms with Crippen molar-refractivity contribution in [1.82, 2.24) is 15.2 Å². The van der Waals surface area contributed by atoms with Crippen molar-refractivity contribution in [3.63, 3.8) is 0 Å². The van der Waals surface area contributed by atoms with E-state index in [0.29, 0.717) is 18.5 Å². The Labute approximate surface area is 91.6 Å². The van der Waals surface area contributed by atoms with E-state index in [2.05, 4.69) is 27.4 Å². The minimum atomic E-state index is 0.457. The number of rotatable bonds is 4. The summed E-state index contributed by atoms with van der Waals surface area (Å²) in [5.41, 5.74) is 0. The van der Waals surface area contributed by atoms with E-state index in [1.165, 1.54) is 4.88 Å². The first kappa shape index (κ1) is 10.1. The quantitative estimate of drug-likeness (QED) is 0.860. The largest absolute Gasteiger partial charge is 0.408 e. The molecular formula is C9H12N4OS. The molecule has 0 aliphatic carbocycles. The zero-order chi connectivity index (χ0) is 10.7. The number of nitrogens with one attached hydrogen (secondary N) is 1. The van der Waals surface area contributed by atoms with Gasteiger partial charge in [-0.05, 0) is 6.42 Å². The summed E-state index contributed by atoms with van der Waals surface area (Å²) in [7, 11) is 0. The van der Waals surface area contributed by atoms with Gasteiger partial charge in [-0.15, -0.1) is 16.4 Å². The van der Waals surface area contributed by atoms with Crippen molar-refractivity contribution in [3.8, 4) is 0 Å². The number of anilines is 1. The number of hydrogen-bond acceptors (Lipinski definition) is 6. The molecule has 0 atom stereocenters. The third-order valence-corrected chi connectivity index (χ3v) is 2.99. The molecule has 0 fully saturated rings. The molecule has 0 bridgehead atoms. The number of aromatic nitrogens is 3. The Morgan fingerprint density at radius 3 is 2.93 bits per heavy atom. The predicted molar refractivity (Wildman–Crippen MR) is 57.9 cm³/mol. The van der Waals surface area contributed by atoms with Crippen LogP contribution in [0.2, 0.25) is 0 Å². The van der Waals surface area contributed by atoms with Crippen LogP contribution in [0, 0.1) is 6.92 Å². The molecule has 0 amide bonds. The minimum absolute atomic E-state index is 0.457. The van der Waals surface area contributed by atoms with E-state index < -0.39 is 0 Å². The SMILES string of the molecule is CCc1ncc(CNc2nnc(C)o2)s1. The zero-order valence-corrected chi connectivity index (χ0v) is 9.47. The summed E-state index contributed by atoms with van der Waals surface area (Å²) in [6.45, 7) is 4.54. The Balaban J connectivity index is 1.93. The summed E-state index contributed by atoms with van der Waals surface area (Å²) in [6.07, 6.45) is 2.85. The van der Waals surface area contributed by atoms with Gasteiger partial charge in [-0.1, -0.05) is 12.0 Å². The lowest BCUT2D eigenvalue weighted by atomic mass is 10.5. The Kier molecular flexibility index (Phi) is 2.96. The summed E-state index contributed by atoms with van der Waals surface area (Å²) in [5.74, 6) is 0.566. The van der Waals surface area contributed by atoms with E-state index >= 15 is 0 Å². The second-order valence-electron chi connectivity index (χ2n) is 3.05. The molecule has 0 radical (unpaired) electrons. The molecule has 0 aromatic carbocycles. The summed E-state index contributed by atoms with van der Waals surface area (Å²) in [6, 6.07) is 0.457. The molecule has 2 heterocycles. The summed E-state index contributed by atoms with van der Waals surface area (Å²) in [5, 5.41) is 11.8. The highest BCUT2D eigenvalue weighted by Gasteiger charge is 2.03. The van der Waals surface area contributed by atoms with E-state index in [1.54, 1.807) is 18.3 Å². The normalized spacial score (nSPS) is 10.5. The molecule has 0 saturated heterocycles. The van der Waals surface area contributed by atoms with Crippen molar-refractivity contribution in [2.75, 3.05) is 5.32 Å². The minimum Gasteiger partial charge on any atom is -0.408 e. The third-order valence-electron chi connectivity index (χ3n) is 1.84. The average Bonchev–Trinajstić information content (AvgIpc) is 2.83. The fraction of sp³-hybridized carbons (Fsp3) is 0.444. The molecule has 2 aromatic heterocycles. The summed E-state index contributed by atoms with van der Waals surface area (Å²) in [4.78, 5) is 5.43. The molecule has 0 unspecified atom stereocenters. The summed E-state index contributed by atoms with van der Waals surface area (Å²) < 4.78 is 5.19. The van der Waals surface area contributed by atoms with E-state index in [-0.39, 0.29) is 0 Å². The van der Waals surface area contributed by atoms with Crippen LogP contribution in [-0.2, 0) is 13.0 Å². The van der Waals surface area contributed by atoms with Crippen molar-refractivity contribution in [1.29, 1.82) is 0 Å². The lowest BCUT2D eigenvalue weighted by Crippen LogP contribution is -1.97. The van der Waals surface area contributed by atoms with Crippen LogP contribution in [0.3, 0.4) is 0 Å². The van der Waals surface area contributed by atoms with Crippen molar-refractivity contribution >= 4 is 17.4 Å². The van der Waals surface area contributed by atoms with Gasteiger partial charge in [0.15, 0.2) is 0 Å². The molecule has 15 heavy (non-hydrogen) atoms. The first-order valence-corrected chi connectivity index (χ1v) is 5.57. The van der Waals surface area contributed by atoms with Crippen molar-refractivity contribution in [3.05, 3.63) is 22.0 Å². The highest BCUT2D eigenvalue weighted by molar-refractivity contribution is 7.11. The van der Waals surface area contributed by atoms with Gasteiger partial charge in [0, 0.05) is 18.0 Å². The molecule has 0 spiro atoms. The number of nitrogens with zero attached hydrogens (tertiary/aromatic N) is 3. The number of aryl methyl sites for hydroxylation is 2. The molecule has 5 nitrogen and oxygen atoms in total. The van der Waals surface area contributed by atoms with Gasteiger partial charge < -0.3 is 9.73 Å². The standard InChI is InChI=1S/C9H12N4OS/c1-3-8-10-4-7(15-8)5-11-9-13-12-6(2)14-9/h4H,3,5H2,1-2H3,(H,11,13). The second-order valence-corrected chi connectivity index (χ2v) is 4.25. The molecule has 0 aliphatic heterocycles. The predicted octanol–water partition coefficient (Wildman–Crippen LogP) is 2.01. The maximum Gasteiger partial charge on any atom is 0.315 e. The molecular weight excluding hydrogens is 212 g/mol. The molecule has 1 N–H and O–H groups in total. The fourth-order valence-corrected chi connectivity index (χ4v) is 1.93. The van der Waals surface area contributed by atoms with Gasteiger partial charge in [0.05, 0.1) is 11.6 Å². The first-order valence-electron chi connectivity index (χ1n) is 4.75. The van der Waals surface area contributed by atoms with Gasteiger partial charge >= 0.3 is 6.01 Å². The van der Waals surface area contributed by atoms with Crippen LogP contribution in [-0.4, -0.2) is 15.2 Å². The van der Waals surface area contributed by atoms with Crippen molar-refractivity contribution in [2.24, 2.45) is 0 Å². The second kappa shape index (κ2) is 4.39. The van der Waals surface area contributed by atoms with E-state index in [9.17, 15) is 0 Å². The van der Waals surface area contributed by atoms with E-state index in [0.717, 1.165) is 11.4 Å². The monoisotopic (exact) mass is 224 g/mol. The highest BCUT2D eigenvalue weighted by atomic mass is 32.1. The van der Waals surface area contributed by atoms with Crippen LogP contribution in [0.5, 0.6) is 0 Å². The third kappa shape index (κ3) is 2.53. The van der Waals surface area contributed by atoms with Crippen LogP contribution in [0.1, 0.15) is 22.7 Å². The van der Waals surface area contributed by atoms with Crippen LogP contribution in [0.25, 0.3) is 0 Å². The van der Waals surface area contributed by atoms with Gasteiger partial charge in [-0.25, -0.2) is 4.98 Å². The molecule has 2 aromatic rings. The topological polar surface area (TPSA) is 63.8 Å². The molecule has 0 aliphatic rings. The van der Waals surface area contributed by atoms with Crippen LogP contribution < -0.4 is 5.32 Å². The fourth-order valence-electron chi connectivity index (χ4n) is 1.12. The van der Waals surface area contributed by atoms with Gasteiger partial charge in [0.2, 0.25) is 5.89 Å². The van der Waals surface area contributed by atoms with Crippen LogP contribution in [0.15, 0.2) is 10.6 Å². The molecule has 2 rings (SSSR count). The van der Waals surface area contributed by atoms with Crippen LogP contribution in [0.4, 0.5) is 6.01 Å². The molecule has 80 valence electrons. The smallest absolute Gasteiger partial charge is 0.315 e. The van der Waals surface area contributed by atoms with Gasteiger partial charge in [0.25, 0.3) is 0 Å². The number of thiazole rings is 1. The maximum atomic E-state index is 5.19. The van der Waals surface area contributed by atoms with Gasteiger partial charge in [-0.3, -0.25) is 0 Å².